The molecule has 0 aliphatic carbocycles. The van der Waals surface area contributed by atoms with Gasteiger partial charge in [0.15, 0.2) is 0 Å². The molecule has 0 spiro atoms. The first-order valence-electron chi connectivity index (χ1n) is 8.07. The molecule has 0 saturated heterocycles. The third kappa shape index (κ3) is 4.60. The molecule has 0 aromatic heterocycles. The van der Waals surface area contributed by atoms with Crippen molar-refractivity contribution in [3.05, 3.63) is 59.2 Å². The van der Waals surface area contributed by atoms with Crippen LogP contribution in [0.3, 0.4) is 0 Å². The lowest BCUT2D eigenvalue weighted by molar-refractivity contribution is -0.141. The van der Waals surface area contributed by atoms with Crippen molar-refractivity contribution in [2.24, 2.45) is 0 Å². The molecule has 0 N–H and O–H groups in total. The lowest BCUT2D eigenvalue weighted by Gasteiger charge is -2.24. The first-order valence-corrected chi connectivity index (χ1v) is 9.51. The molecule has 0 fully saturated rings. The van der Waals surface area contributed by atoms with Crippen LogP contribution in [0.5, 0.6) is 0 Å². The molecular formula is C19H23NO4S. The average molecular weight is 361 g/mol. The Hall–Kier alpha value is -2.34. The van der Waals surface area contributed by atoms with E-state index in [1.807, 2.05) is 26.8 Å². The Balaban J connectivity index is 2.53. The van der Waals surface area contributed by atoms with E-state index in [-0.39, 0.29) is 18.0 Å². The number of esters is 1. The summed E-state index contributed by atoms with van der Waals surface area (Å²) in [4.78, 5) is 12.1. The first kappa shape index (κ1) is 19.0. The van der Waals surface area contributed by atoms with Gasteiger partial charge in [-0.3, -0.25) is 9.10 Å². The van der Waals surface area contributed by atoms with Gasteiger partial charge in [-0.2, -0.15) is 0 Å². The Bertz CT molecular complexity index is 837. The fraction of sp³-hybridized carbons (Fsp3) is 0.316. The second kappa shape index (κ2) is 7.70. The van der Waals surface area contributed by atoms with Crippen molar-refractivity contribution in [3.63, 3.8) is 0 Å². The molecule has 5 nitrogen and oxygen atoms in total. The van der Waals surface area contributed by atoms with E-state index < -0.39 is 16.0 Å². The maximum Gasteiger partial charge on any atom is 0.326 e. The number of sulfonamides is 1. The highest BCUT2D eigenvalue weighted by molar-refractivity contribution is 7.92. The normalized spacial score (nSPS) is 11.2. The van der Waals surface area contributed by atoms with Crippen LogP contribution in [-0.2, 0) is 19.6 Å². The summed E-state index contributed by atoms with van der Waals surface area (Å²) in [6.07, 6.45) is 0. The molecule has 0 aliphatic heterocycles. The Morgan fingerprint density at radius 2 is 1.52 bits per heavy atom. The van der Waals surface area contributed by atoms with Gasteiger partial charge in [0.2, 0.25) is 0 Å². The third-order valence-corrected chi connectivity index (χ3v) is 5.47. The highest BCUT2D eigenvalue weighted by atomic mass is 32.2. The minimum Gasteiger partial charge on any atom is -0.465 e. The molecule has 0 heterocycles. The summed E-state index contributed by atoms with van der Waals surface area (Å²) in [7, 11) is -3.89. The molecule has 0 saturated carbocycles. The van der Waals surface area contributed by atoms with Gasteiger partial charge >= 0.3 is 5.97 Å². The van der Waals surface area contributed by atoms with E-state index >= 15 is 0 Å². The maximum absolute atomic E-state index is 13.1. The van der Waals surface area contributed by atoms with Crippen LogP contribution in [0.2, 0.25) is 0 Å². The van der Waals surface area contributed by atoms with Gasteiger partial charge in [-0.25, -0.2) is 8.42 Å². The number of carbonyl (C=O) groups is 1. The van der Waals surface area contributed by atoms with Gasteiger partial charge in [0.1, 0.15) is 6.54 Å². The summed E-state index contributed by atoms with van der Waals surface area (Å²) >= 11 is 0. The Labute approximate surface area is 149 Å². The molecule has 0 radical (unpaired) electrons. The van der Waals surface area contributed by atoms with Crippen molar-refractivity contribution in [1.82, 2.24) is 0 Å². The minimum atomic E-state index is -3.89. The molecule has 6 heteroatoms. The predicted molar refractivity (Wildman–Crippen MR) is 98.3 cm³/mol. The van der Waals surface area contributed by atoms with E-state index in [0.29, 0.717) is 5.69 Å². The predicted octanol–water partition coefficient (Wildman–Crippen LogP) is 3.37. The summed E-state index contributed by atoms with van der Waals surface area (Å²) in [5.41, 5.74) is 3.25. The van der Waals surface area contributed by atoms with E-state index in [0.717, 1.165) is 21.0 Å². The van der Waals surface area contributed by atoms with Gasteiger partial charge in [-0.1, -0.05) is 23.8 Å². The zero-order valence-electron chi connectivity index (χ0n) is 14.9. The van der Waals surface area contributed by atoms with Crippen LogP contribution in [0.1, 0.15) is 23.6 Å². The summed E-state index contributed by atoms with van der Waals surface area (Å²) in [6, 6.07) is 12.0. The maximum atomic E-state index is 13.1. The number of hydrogen-bond acceptors (Lipinski definition) is 4. The van der Waals surface area contributed by atoms with Crippen LogP contribution in [0.25, 0.3) is 0 Å². The van der Waals surface area contributed by atoms with Crippen molar-refractivity contribution in [1.29, 1.82) is 0 Å². The molecule has 2 rings (SSSR count). The van der Waals surface area contributed by atoms with Crippen LogP contribution in [0.4, 0.5) is 5.69 Å². The average Bonchev–Trinajstić information content (AvgIpc) is 2.52. The number of benzene rings is 2. The van der Waals surface area contributed by atoms with E-state index in [1.165, 1.54) is 0 Å². The summed E-state index contributed by atoms with van der Waals surface area (Å²) in [6.45, 7) is 7.18. The van der Waals surface area contributed by atoms with Crippen LogP contribution in [0, 0.1) is 20.8 Å². The molecule has 0 unspecified atom stereocenters. The van der Waals surface area contributed by atoms with Crippen LogP contribution in [0.15, 0.2) is 47.4 Å². The second-order valence-electron chi connectivity index (χ2n) is 5.98. The zero-order valence-corrected chi connectivity index (χ0v) is 15.8. The molecule has 2 aromatic carbocycles. The summed E-state index contributed by atoms with van der Waals surface area (Å²) < 4.78 is 32.3. The zero-order chi connectivity index (χ0) is 18.6. The van der Waals surface area contributed by atoms with E-state index in [1.54, 1.807) is 43.3 Å². The summed E-state index contributed by atoms with van der Waals surface area (Å²) in [5, 5.41) is 0. The van der Waals surface area contributed by atoms with E-state index in [2.05, 4.69) is 0 Å². The van der Waals surface area contributed by atoms with Crippen molar-refractivity contribution < 1.29 is 17.9 Å². The molecule has 134 valence electrons. The Morgan fingerprint density at radius 1 is 0.960 bits per heavy atom. The van der Waals surface area contributed by atoms with Gasteiger partial charge < -0.3 is 4.74 Å². The highest BCUT2D eigenvalue weighted by Gasteiger charge is 2.28. The first-order chi connectivity index (χ1) is 11.7. The Kier molecular flexibility index (Phi) is 5.85. The number of nitrogens with zero attached hydrogens (tertiary/aromatic N) is 1. The van der Waals surface area contributed by atoms with Gasteiger partial charge in [-0.05, 0) is 63.1 Å². The molecule has 0 atom stereocenters. The number of anilines is 1. The molecule has 25 heavy (non-hydrogen) atoms. The molecular weight excluding hydrogens is 338 g/mol. The van der Waals surface area contributed by atoms with Crippen LogP contribution in [-0.4, -0.2) is 27.5 Å². The van der Waals surface area contributed by atoms with Crippen molar-refractivity contribution in [2.45, 2.75) is 32.6 Å². The van der Waals surface area contributed by atoms with Crippen molar-refractivity contribution in [3.8, 4) is 0 Å². The fourth-order valence-corrected chi connectivity index (χ4v) is 3.96. The molecule has 0 amide bonds. The topological polar surface area (TPSA) is 63.7 Å². The van der Waals surface area contributed by atoms with E-state index in [9.17, 15) is 13.2 Å². The van der Waals surface area contributed by atoms with Crippen LogP contribution < -0.4 is 4.31 Å². The minimum absolute atomic E-state index is 0.140. The third-order valence-electron chi connectivity index (χ3n) is 3.68. The van der Waals surface area contributed by atoms with Gasteiger partial charge in [-0.15, -0.1) is 0 Å². The second-order valence-corrected chi connectivity index (χ2v) is 7.84. The van der Waals surface area contributed by atoms with Crippen LogP contribution >= 0.6 is 0 Å². The van der Waals surface area contributed by atoms with Crippen molar-refractivity contribution >= 4 is 21.7 Å². The van der Waals surface area contributed by atoms with Gasteiger partial charge in [0, 0.05) is 0 Å². The number of ether oxygens (including phenoxy) is 1. The molecule has 0 aliphatic rings. The van der Waals surface area contributed by atoms with Gasteiger partial charge in [0.25, 0.3) is 10.0 Å². The lowest BCUT2D eigenvalue weighted by Crippen LogP contribution is -2.36. The monoisotopic (exact) mass is 361 g/mol. The largest absolute Gasteiger partial charge is 0.465 e. The number of rotatable bonds is 6. The van der Waals surface area contributed by atoms with E-state index in [4.69, 9.17) is 4.74 Å². The SMILES string of the molecule is CCOC(=O)CN(c1cc(C)cc(C)c1)S(=O)(=O)c1ccc(C)cc1. The number of aryl methyl sites for hydroxylation is 3. The lowest BCUT2D eigenvalue weighted by atomic mass is 10.1. The smallest absolute Gasteiger partial charge is 0.326 e. The highest BCUT2D eigenvalue weighted by Crippen LogP contribution is 2.26. The summed E-state index contributed by atoms with van der Waals surface area (Å²) in [5.74, 6) is -0.586. The van der Waals surface area contributed by atoms with Crippen molar-refractivity contribution in [2.75, 3.05) is 17.5 Å². The quantitative estimate of drug-likeness (QED) is 0.740. The Morgan fingerprint density at radius 3 is 2.04 bits per heavy atom. The number of carbonyl (C=O) groups excluding carboxylic acids is 1. The standard InChI is InChI=1S/C19H23NO4S/c1-5-24-19(21)13-20(17-11-15(3)10-16(4)12-17)25(22,23)18-8-6-14(2)7-9-18/h6-12H,5,13H2,1-4H3. The van der Waals surface area contributed by atoms with Gasteiger partial charge in [0.05, 0.1) is 17.2 Å². The molecule has 0 bridgehead atoms. The fourth-order valence-electron chi connectivity index (χ4n) is 2.57. The molecule has 2 aromatic rings. The number of hydrogen-bond donors (Lipinski definition) is 0.